The summed E-state index contributed by atoms with van der Waals surface area (Å²) in [7, 11) is 1.99. The Morgan fingerprint density at radius 3 is 2.56 bits per heavy atom. The summed E-state index contributed by atoms with van der Waals surface area (Å²) in [4.78, 5) is 2.13. The van der Waals surface area contributed by atoms with Crippen molar-refractivity contribution in [1.29, 1.82) is 0 Å². The summed E-state index contributed by atoms with van der Waals surface area (Å²) in [6.45, 7) is 3.85. The first-order valence-corrected chi connectivity index (χ1v) is 6.36. The SMILES string of the molecule is CCCCN(C)CCC(O)c1ccc(F)c(F)c1. The molecule has 0 aliphatic heterocycles. The standard InChI is InChI=1S/C14H21F2NO/c1-3-4-8-17(2)9-7-14(18)11-5-6-12(15)13(16)10-11/h5-6,10,14,18H,3-4,7-9H2,1-2H3. The first-order valence-electron chi connectivity index (χ1n) is 6.36. The molecule has 1 unspecified atom stereocenters. The summed E-state index contributed by atoms with van der Waals surface area (Å²) in [6.07, 6.45) is 2.03. The molecule has 4 heteroatoms. The fourth-order valence-corrected chi connectivity index (χ4v) is 1.77. The van der Waals surface area contributed by atoms with Crippen molar-refractivity contribution < 1.29 is 13.9 Å². The van der Waals surface area contributed by atoms with E-state index < -0.39 is 17.7 Å². The van der Waals surface area contributed by atoms with E-state index in [4.69, 9.17) is 0 Å². The zero-order valence-electron chi connectivity index (χ0n) is 11.0. The zero-order valence-corrected chi connectivity index (χ0v) is 11.0. The van der Waals surface area contributed by atoms with Crippen molar-refractivity contribution in [2.24, 2.45) is 0 Å². The van der Waals surface area contributed by atoms with E-state index in [2.05, 4.69) is 11.8 Å². The van der Waals surface area contributed by atoms with Crippen molar-refractivity contribution in [3.05, 3.63) is 35.4 Å². The van der Waals surface area contributed by atoms with Gasteiger partial charge in [-0.1, -0.05) is 19.4 Å². The molecule has 0 heterocycles. The van der Waals surface area contributed by atoms with Crippen molar-refractivity contribution in [3.8, 4) is 0 Å². The Morgan fingerprint density at radius 2 is 1.94 bits per heavy atom. The number of halogens is 2. The Morgan fingerprint density at radius 1 is 1.22 bits per heavy atom. The predicted octanol–water partition coefficient (Wildman–Crippen LogP) is 3.12. The molecule has 1 aromatic rings. The number of hydrogen-bond acceptors (Lipinski definition) is 2. The highest BCUT2D eigenvalue weighted by atomic mass is 19.2. The van der Waals surface area contributed by atoms with Crippen LogP contribution in [0.4, 0.5) is 8.78 Å². The molecule has 0 aliphatic carbocycles. The van der Waals surface area contributed by atoms with Gasteiger partial charge in [-0.25, -0.2) is 8.78 Å². The lowest BCUT2D eigenvalue weighted by Gasteiger charge is -2.18. The van der Waals surface area contributed by atoms with Gasteiger partial charge >= 0.3 is 0 Å². The first-order chi connectivity index (χ1) is 8.54. The van der Waals surface area contributed by atoms with Crippen molar-refractivity contribution in [1.82, 2.24) is 4.90 Å². The number of unbranched alkanes of at least 4 members (excludes halogenated alkanes) is 1. The smallest absolute Gasteiger partial charge is 0.159 e. The molecule has 102 valence electrons. The number of aliphatic hydroxyl groups is 1. The van der Waals surface area contributed by atoms with Crippen LogP contribution >= 0.6 is 0 Å². The predicted molar refractivity (Wildman–Crippen MR) is 68.3 cm³/mol. The second-order valence-corrected chi connectivity index (χ2v) is 4.63. The quantitative estimate of drug-likeness (QED) is 0.811. The van der Waals surface area contributed by atoms with Gasteiger partial charge in [0.25, 0.3) is 0 Å². The average molecular weight is 257 g/mol. The normalized spacial score (nSPS) is 13.0. The van der Waals surface area contributed by atoms with Crippen LogP contribution in [0.3, 0.4) is 0 Å². The van der Waals surface area contributed by atoms with E-state index in [-0.39, 0.29) is 0 Å². The Hall–Kier alpha value is -1.00. The molecule has 0 fully saturated rings. The summed E-state index contributed by atoms with van der Waals surface area (Å²) in [5.74, 6) is -1.79. The van der Waals surface area contributed by atoms with Crippen LogP contribution in [-0.2, 0) is 0 Å². The largest absolute Gasteiger partial charge is 0.388 e. The van der Waals surface area contributed by atoms with Gasteiger partial charge in [0, 0.05) is 6.54 Å². The number of hydrogen-bond donors (Lipinski definition) is 1. The molecule has 1 atom stereocenters. The maximum Gasteiger partial charge on any atom is 0.159 e. The monoisotopic (exact) mass is 257 g/mol. The summed E-state index contributed by atoms with van der Waals surface area (Å²) in [5, 5.41) is 9.89. The van der Waals surface area contributed by atoms with Crippen LogP contribution in [0.1, 0.15) is 37.9 Å². The third kappa shape index (κ3) is 4.70. The minimum atomic E-state index is -0.911. The third-order valence-corrected chi connectivity index (χ3v) is 3.01. The minimum Gasteiger partial charge on any atom is -0.388 e. The van der Waals surface area contributed by atoms with Gasteiger partial charge in [-0.15, -0.1) is 0 Å². The number of nitrogens with zero attached hydrogens (tertiary/aromatic N) is 1. The van der Waals surface area contributed by atoms with Crippen LogP contribution < -0.4 is 0 Å². The zero-order chi connectivity index (χ0) is 13.5. The molecule has 0 saturated carbocycles. The van der Waals surface area contributed by atoms with Gasteiger partial charge in [-0.3, -0.25) is 0 Å². The third-order valence-electron chi connectivity index (χ3n) is 3.01. The second kappa shape index (κ2) is 7.44. The number of aliphatic hydroxyl groups excluding tert-OH is 1. The second-order valence-electron chi connectivity index (χ2n) is 4.63. The van der Waals surface area contributed by atoms with Gasteiger partial charge in [0.15, 0.2) is 11.6 Å². The lowest BCUT2D eigenvalue weighted by atomic mass is 10.1. The molecule has 0 aliphatic rings. The summed E-state index contributed by atoms with van der Waals surface area (Å²) < 4.78 is 25.8. The van der Waals surface area contributed by atoms with E-state index in [0.717, 1.165) is 38.1 Å². The minimum absolute atomic E-state index is 0.429. The van der Waals surface area contributed by atoms with Gasteiger partial charge in [-0.2, -0.15) is 0 Å². The Bertz CT molecular complexity index is 371. The van der Waals surface area contributed by atoms with Crippen LogP contribution in [0.15, 0.2) is 18.2 Å². The van der Waals surface area contributed by atoms with E-state index in [0.29, 0.717) is 12.0 Å². The lowest BCUT2D eigenvalue weighted by Crippen LogP contribution is -2.22. The summed E-state index contributed by atoms with van der Waals surface area (Å²) in [5.41, 5.74) is 0.429. The molecule has 0 aromatic heterocycles. The summed E-state index contributed by atoms with van der Waals surface area (Å²) >= 11 is 0. The molecule has 0 spiro atoms. The van der Waals surface area contributed by atoms with E-state index in [1.54, 1.807) is 0 Å². The molecule has 0 radical (unpaired) electrons. The van der Waals surface area contributed by atoms with E-state index in [1.165, 1.54) is 6.07 Å². The van der Waals surface area contributed by atoms with Crippen LogP contribution in [0.5, 0.6) is 0 Å². The lowest BCUT2D eigenvalue weighted by molar-refractivity contribution is 0.148. The maximum atomic E-state index is 13.0. The molecule has 2 nitrogen and oxygen atoms in total. The van der Waals surface area contributed by atoms with Crippen LogP contribution in [0.25, 0.3) is 0 Å². The topological polar surface area (TPSA) is 23.5 Å². The maximum absolute atomic E-state index is 13.0. The summed E-state index contributed by atoms with van der Waals surface area (Å²) in [6, 6.07) is 3.54. The molecule has 1 aromatic carbocycles. The highest BCUT2D eigenvalue weighted by Crippen LogP contribution is 2.19. The molecule has 0 saturated heterocycles. The van der Waals surface area contributed by atoms with Gasteiger partial charge in [0.2, 0.25) is 0 Å². The van der Waals surface area contributed by atoms with Crippen molar-refractivity contribution in [2.45, 2.75) is 32.3 Å². The number of rotatable bonds is 7. The molecule has 0 amide bonds. The number of benzene rings is 1. The molecule has 0 bridgehead atoms. The van der Waals surface area contributed by atoms with Gasteiger partial charge < -0.3 is 10.0 Å². The molecule has 18 heavy (non-hydrogen) atoms. The molecule has 1 N–H and O–H groups in total. The van der Waals surface area contributed by atoms with Gasteiger partial charge in [0.05, 0.1) is 6.10 Å². The van der Waals surface area contributed by atoms with Crippen molar-refractivity contribution in [3.63, 3.8) is 0 Å². The van der Waals surface area contributed by atoms with Crippen LogP contribution in [0, 0.1) is 11.6 Å². The van der Waals surface area contributed by atoms with E-state index >= 15 is 0 Å². The highest BCUT2D eigenvalue weighted by Gasteiger charge is 2.11. The van der Waals surface area contributed by atoms with Crippen molar-refractivity contribution in [2.75, 3.05) is 20.1 Å². The van der Waals surface area contributed by atoms with E-state index in [1.807, 2.05) is 7.05 Å². The van der Waals surface area contributed by atoms with Crippen LogP contribution in [0.2, 0.25) is 0 Å². The van der Waals surface area contributed by atoms with Crippen LogP contribution in [-0.4, -0.2) is 30.1 Å². The molecule has 1 rings (SSSR count). The van der Waals surface area contributed by atoms with Gasteiger partial charge in [-0.05, 0) is 44.1 Å². The van der Waals surface area contributed by atoms with E-state index in [9.17, 15) is 13.9 Å². The Balaban J connectivity index is 2.44. The molecular weight excluding hydrogens is 236 g/mol. The van der Waals surface area contributed by atoms with Gasteiger partial charge in [0.1, 0.15) is 0 Å². The Kier molecular flexibility index (Phi) is 6.22. The Labute approximate surface area is 107 Å². The molecular formula is C14H21F2NO. The van der Waals surface area contributed by atoms with Crippen molar-refractivity contribution >= 4 is 0 Å². The fraction of sp³-hybridized carbons (Fsp3) is 0.571. The fourth-order valence-electron chi connectivity index (χ4n) is 1.77. The average Bonchev–Trinajstić information content (AvgIpc) is 2.36. The highest BCUT2D eigenvalue weighted by molar-refractivity contribution is 5.19. The first kappa shape index (κ1) is 15.1.